The van der Waals surface area contributed by atoms with E-state index in [1.165, 1.54) is 12.8 Å². The summed E-state index contributed by atoms with van der Waals surface area (Å²) in [6.07, 6.45) is 4.67. The van der Waals surface area contributed by atoms with Gasteiger partial charge in [0.05, 0.1) is 17.6 Å². The number of piperazine rings is 1. The van der Waals surface area contributed by atoms with Crippen LogP contribution in [0.15, 0.2) is 18.2 Å². The van der Waals surface area contributed by atoms with Crippen LogP contribution in [0.1, 0.15) is 41.9 Å². The summed E-state index contributed by atoms with van der Waals surface area (Å²) < 4.78 is 2.10. The Labute approximate surface area is 177 Å². The second-order valence-electron chi connectivity index (χ2n) is 8.68. The zero-order valence-electron chi connectivity index (χ0n) is 18.2. The summed E-state index contributed by atoms with van der Waals surface area (Å²) in [6.45, 7) is 3.89. The molecule has 1 aromatic carbocycles. The normalized spacial score (nSPS) is 18.2. The van der Waals surface area contributed by atoms with Crippen LogP contribution in [0.25, 0.3) is 11.0 Å². The van der Waals surface area contributed by atoms with Crippen molar-refractivity contribution >= 4 is 23.0 Å². The van der Waals surface area contributed by atoms with Crippen LogP contribution in [0.5, 0.6) is 0 Å². The van der Waals surface area contributed by atoms with Crippen LogP contribution in [0.4, 0.5) is 4.79 Å². The van der Waals surface area contributed by atoms with E-state index < -0.39 is 0 Å². The lowest BCUT2D eigenvalue weighted by Gasteiger charge is -2.35. The lowest BCUT2D eigenvalue weighted by molar-refractivity contribution is 0.0827. The van der Waals surface area contributed by atoms with Crippen molar-refractivity contribution in [1.29, 1.82) is 0 Å². The fraction of sp³-hybridized carbons (Fsp3) is 0.591. The van der Waals surface area contributed by atoms with E-state index in [1.807, 2.05) is 30.1 Å². The minimum absolute atomic E-state index is 0.0175. The Bertz CT molecular complexity index is 923. The quantitative estimate of drug-likeness (QED) is 0.834. The van der Waals surface area contributed by atoms with Gasteiger partial charge in [-0.2, -0.15) is 0 Å². The number of nitrogens with one attached hydrogen (secondary N) is 1. The highest BCUT2D eigenvalue weighted by atomic mass is 16.2. The van der Waals surface area contributed by atoms with E-state index in [1.54, 1.807) is 19.0 Å². The average Bonchev–Trinajstić information content (AvgIpc) is 3.35. The smallest absolute Gasteiger partial charge is 0.317 e. The van der Waals surface area contributed by atoms with Crippen LogP contribution in [0.2, 0.25) is 0 Å². The van der Waals surface area contributed by atoms with Crippen LogP contribution in [0, 0.1) is 0 Å². The molecule has 2 fully saturated rings. The van der Waals surface area contributed by atoms with E-state index in [4.69, 9.17) is 4.98 Å². The number of carbonyl (C=O) groups excluding carboxylic acids is 2. The van der Waals surface area contributed by atoms with Gasteiger partial charge in [-0.3, -0.25) is 9.69 Å². The van der Waals surface area contributed by atoms with Crippen LogP contribution >= 0.6 is 0 Å². The number of carbonyl (C=O) groups is 2. The van der Waals surface area contributed by atoms with Crippen molar-refractivity contribution in [3.63, 3.8) is 0 Å². The lowest BCUT2D eigenvalue weighted by atomic mass is 10.2. The van der Waals surface area contributed by atoms with E-state index in [-0.39, 0.29) is 11.9 Å². The van der Waals surface area contributed by atoms with Gasteiger partial charge in [-0.15, -0.1) is 0 Å². The average molecular weight is 413 g/mol. The molecule has 1 aliphatic heterocycles. The molecule has 1 saturated heterocycles. The number of hydrogen-bond acceptors (Lipinski definition) is 4. The second kappa shape index (κ2) is 8.63. The van der Waals surface area contributed by atoms with Gasteiger partial charge in [0.15, 0.2) is 0 Å². The Kier molecular flexibility index (Phi) is 5.94. The monoisotopic (exact) mass is 412 g/mol. The minimum Gasteiger partial charge on any atom is -0.345 e. The molecule has 0 unspecified atom stereocenters. The van der Waals surface area contributed by atoms with E-state index >= 15 is 0 Å². The van der Waals surface area contributed by atoms with E-state index in [0.29, 0.717) is 11.6 Å². The topological polar surface area (TPSA) is 73.7 Å². The highest BCUT2D eigenvalue weighted by Crippen LogP contribution is 2.20. The van der Waals surface area contributed by atoms with Crippen LogP contribution in [-0.2, 0) is 13.6 Å². The van der Waals surface area contributed by atoms with Crippen molar-refractivity contribution in [2.45, 2.75) is 38.3 Å². The van der Waals surface area contributed by atoms with Crippen molar-refractivity contribution in [2.75, 3.05) is 40.3 Å². The molecule has 1 saturated carbocycles. The number of hydrogen-bond donors (Lipinski definition) is 1. The summed E-state index contributed by atoms with van der Waals surface area (Å²) in [6, 6.07) is 6.14. The van der Waals surface area contributed by atoms with E-state index in [2.05, 4.69) is 14.8 Å². The molecule has 4 rings (SSSR count). The number of nitrogens with zero attached hydrogens (tertiary/aromatic N) is 5. The molecular weight excluding hydrogens is 380 g/mol. The van der Waals surface area contributed by atoms with Crippen LogP contribution < -0.4 is 5.32 Å². The van der Waals surface area contributed by atoms with Crippen molar-refractivity contribution in [1.82, 2.24) is 29.6 Å². The Morgan fingerprint density at radius 1 is 1.13 bits per heavy atom. The summed E-state index contributed by atoms with van der Waals surface area (Å²) >= 11 is 0. The molecule has 0 radical (unpaired) electrons. The van der Waals surface area contributed by atoms with E-state index in [0.717, 1.165) is 62.4 Å². The summed E-state index contributed by atoms with van der Waals surface area (Å²) in [4.78, 5) is 35.4. The zero-order valence-corrected chi connectivity index (χ0v) is 18.2. The van der Waals surface area contributed by atoms with Gasteiger partial charge in [-0.1, -0.05) is 12.8 Å². The molecule has 2 aromatic rings. The summed E-state index contributed by atoms with van der Waals surface area (Å²) in [5, 5.41) is 3.18. The summed E-state index contributed by atoms with van der Waals surface area (Å²) in [5.41, 5.74) is 2.52. The first-order chi connectivity index (χ1) is 14.4. The molecule has 2 aliphatic rings. The predicted molar refractivity (Wildman–Crippen MR) is 116 cm³/mol. The van der Waals surface area contributed by atoms with Gasteiger partial charge in [0, 0.05) is 58.9 Å². The Morgan fingerprint density at radius 2 is 1.83 bits per heavy atom. The third kappa shape index (κ3) is 4.28. The molecule has 8 heteroatoms. The molecule has 3 amide bonds. The molecule has 0 spiro atoms. The van der Waals surface area contributed by atoms with Crippen molar-refractivity contribution in [2.24, 2.45) is 7.05 Å². The van der Waals surface area contributed by atoms with E-state index in [9.17, 15) is 9.59 Å². The maximum atomic E-state index is 12.5. The third-order valence-electron chi connectivity index (χ3n) is 6.33. The van der Waals surface area contributed by atoms with Gasteiger partial charge in [0.25, 0.3) is 5.91 Å². The largest absolute Gasteiger partial charge is 0.345 e. The first kappa shape index (κ1) is 20.7. The molecule has 1 aromatic heterocycles. The van der Waals surface area contributed by atoms with Crippen LogP contribution in [0.3, 0.4) is 0 Å². The number of urea groups is 1. The zero-order chi connectivity index (χ0) is 21.3. The highest BCUT2D eigenvalue weighted by molar-refractivity contribution is 5.97. The first-order valence-electron chi connectivity index (χ1n) is 10.9. The fourth-order valence-corrected chi connectivity index (χ4v) is 4.43. The molecule has 30 heavy (non-hydrogen) atoms. The maximum absolute atomic E-state index is 12.5. The van der Waals surface area contributed by atoms with Crippen LogP contribution in [-0.4, -0.2) is 82.5 Å². The summed E-state index contributed by atoms with van der Waals surface area (Å²) in [5.74, 6) is 0.958. The second-order valence-corrected chi connectivity index (χ2v) is 8.68. The Balaban J connectivity index is 1.37. The molecule has 8 nitrogen and oxygen atoms in total. The van der Waals surface area contributed by atoms with Crippen molar-refractivity contribution in [3.8, 4) is 0 Å². The molecular formula is C22H32N6O2. The van der Waals surface area contributed by atoms with Gasteiger partial charge < -0.3 is 19.7 Å². The van der Waals surface area contributed by atoms with Crippen molar-refractivity contribution in [3.05, 3.63) is 29.6 Å². The highest BCUT2D eigenvalue weighted by Gasteiger charge is 2.25. The van der Waals surface area contributed by atoms with Gasteiger partial charge in [0.1, 0.15) is 5.82 Å². The fourth-order valence-electron chi connectivity index (χ4n) is 4.43. The summed E-state index contributed by atoms with van der Waals surface area (Å²) in [7, 11) is 5.53. The van der Waals surface area contributed by atoms with Gasteiger partial charge in [-0.25, -0.2) is 9.78 Å². The number of fused-ring (bicyclic) bond motifs is 1. The lowest BCUT2D eigenvalue weighted by Crippen LogP contribution is -2.53. The first-order valence-corrected chi connectivity index (χ1v) is 10.9. The number of imidazole rings is 1. The Hall–Kier alpha value is -2.61. The number of benzene rings is 1. The molecule has 0 bridgehead atoms. The number of rotatable bonds is 4. The Morgan fingerprint density at radius 3 is 2.50 bits per heavy atom. The standard InChI is InChI=1S/C22H32N6O2/c1-25(2)21(29)16-8-9-19-18(14-16)24-20(26(19)3)15-27-10-12-28(13-11-27)22(30)23-17-6-4-5-7-17/h8-9,14,17H,4-7,10-13,15H2,1-3H3,(H,23,30). The molecule has 0 atom stereocenters. The van der Waals surface area contributed by atoms with Crippen molar-refractivity contribution < 1.29 is 9.59 Å². The number of amides is 3. The molecule has 1 aliphatic carbocycles. The molecule has 2 heterocycles. The number of aromatic nitrogens is 2. The van der Waals surface area contributed by atoms with Gasteiger partial charge in [-0.05, 0) is 31.0 Å². The molecule has 1 N–H and O–H groups in total. The third-order valence-corrected chi connectivity index (χ3v) is 6.33. The minimum atomic E-state index is -0.0175. The predicted octanol–water partition coefficient (Wildman–Crippen LogP) is 2.04. The maximum Gasteiger partial charge on any atom is 0.317 e. The van der Waals surface area contributed by atoms with Gasteiger partial charge in [0.2, 0.25) is 0 Å². The number of aryl methyl sites for hydroxylation is 1. The SMILES string of the molecule is CN(C)C(=O)c1ccc2c(c1)nc(CN1CCN(C(=O)NC3CCCC3)CC1)n2C. The molecule has 162 valence electrons. The van der Waals surface area contributed by atoms with Gasteiger partial charge >= 0.3 is 6.03 Å².